The summed E-state index contributed by atoms with van der Waals surface area (Å²) in [6.07, 6.45) is 0.575. The number of ether oxygens (including phenoxy) is 2. The Bertz CT molecular complexity index is 957. The van der Waals surface area contributed by atoms with Crippen molar-refractivity contribution in [2.45, 2.75) is 24.8 Å². The van der Waals surface area contributed by atoms with Gasteiger partial charge < -0.3 is 14.4 Å². The van der Waals surface area contributed by atoms with E-state index in [1.54, 1.807) is 31.4 Å². The molecule has 8 nitrogen and oxygen atoms in total. The number of anilines is 1. The van der Waals surface area contributed by atoms with Crippen molar-refractivity contribution in [1.82, 2.24) is 14.3 Å². The van der Waals surface area contributed by atoms with Gasteiger partial charge in [-0.1, -0.05) is 0 Å². The quantitative estimate of drug-likeness (QED) is 0.761. The SMILES string of the molecule is COc1ccc(S(=O)(=O)N2CCc3nc(C)nc(N4CCOCC4)c3C2)cc1. The van der Waals surface area contributed by atoms with Gasteiger partial charge in [-0.05, 0) is 31.2 Å². The fourth-order valence-electron chi connectivity index (χ4n) is 3.63. The van der Waals surface area contributed by atoms with Crippen molar-refractivity contribution in [3.8, 4) is 5.75 Å². The summed E-state index contributed by atoms with van der Waals surface area (Å²) in [7, 11) is -2.05. The molecule has 0 atom stereocenters. The molecule has 2 aromatic rings. The number of hydrogen-bond donors (Lipinski definition) is 0. The highest BCUT2D eigenvalue weighted by Crippen LogP contribution is 2.30. The van der Waals surface area contributed by atoms with Gasteiger partial charge in [-0.2, -0.15) is 4.31 Å². The van der Waals surface area contributed by atoms with Crippen LogP contribution >= 0.6 is 0 Å². The molecule has 0 amide bonds. The van der Waals surface area contributed by atoms with Crippen molar-refractivity contribution >= 4 is 15.8 Å². The zero-order valence-corrected chi connectivity index (χ0v) is 16.9. The van der Waals surface area contributed by atoms with Crippen molar-refractivity contribution in [2.75, 3.05) is 44.9 Å². The highest BCUT2D eigenvalue weighted by molar-refractivity contribution is 7.89. The molecule has 1 saturated heterocycles. The van der Waals surface area contributed by atoms with Crippen molar-refractivity contribution in [3.63, 3.8) is 0 Å². The number of aromatic nitrogens is 2. The molecule has 28 heavy (non-hydrogen) atoms. The second-order valence-corrected chi connectivity index (χ2v) is 8.82. The van der Waals surface area contributed by atoms with Gasteiger partial charge >= 0.3 is 0 Å². The Kier molecular flexibility index (Phi) is 5.22. The first kappa shape index (κ1) is 19.1. The highest BCUT2D eigenvalue weighted by atomic mass is 32.2. The standard InChI is InChI=1S/C19H24N4O4S/c1-14-20-18-7-8-23(28(24,25)16-5-3-15(26-2)4-6-16)13-17(18)19(21-14)22-9-11-27-12-10-22/h3-6H,7-13H2,1-2H3. The topological polar surface area (TPSA) is 84.9 Å². The summed E-state index contributed by atoms with van der Waals surface area (Å²) in [5.74, 6) is 2.17. The lowest BCUT2D eigenvalue weighted by atomic mass is 10.1. The minimum Gasteiger partial charge on any atom is -0.497 e. The maximum absolute atomic E-state index is 13.2. The average molecular weight is 404 g/mol. The molecule has 150 valence electrons. The van der Waals surface area contributed by atoms with Gasteiger partial charge in [0.25, 0.3) is 0 Å². The fourth-order valence-corrected chi connectivity index (χ4v) is 5.04. The van der Waals surface area contributed by atoms with E-state index in [2.05, 4.69) is 14.9 Å². The number of hydrogen-bond acceptors (Lipinski definition) is 7. The number of sulfonamides is 1. The van der Waals surface area contributed by atoms with Crippen LogP contribution in [0.1, 0.15) is 17.1 Å². The first-order valence-electron chi connectivity index (χ1n) is 9.32. The van der Waals surface area contributed by atoms with Crippen LogP contribution in [0, 0.1) is 6.92 Å². The van der Waals surface area contributed by atoms with Gasteiger partial charge in [-0.25, -0.2) is 18.4 Å². The summed E-state index contributed by atoms with van der Waals surface area (Å²) in [6.45, 7) is 5.33. The molecule has 4 rings (SSSR count). The number of methoxy groups -OCH3 is 1. The average Bonchev–Trinajstić information content (AvgIpc) is 2.73. The Labute approximate surface area is 165 Å². The third kappa shape index (κ3) is 3.57. The van der Waals surface area contributed by atoms with Crippen molar-refractivity contribution < 1.29 is 17.9 Å². The van der Waals surface area contributed by atoms with Crippen molar-refractivity contribution in [2.24, 2.45) is 0 Å². The summed E-state index contributed by atoms with van der Waals surface area (Å²) in [5, 5.41) is 0. The largest absolute Gasteiger partial charge is 0.497 e. The van der Waals surface area contributed by atoms with Gasteiger partial charge in [0.2, 0.25) is 10.0 Å². The molecule has 0 N–H and O–H groups in total. The van der Waals surface area contributed by atoms with E-state index in [1.807, 2.05) is 6.92 Å². The van der Waals surface area contributed by atoms with Crippen LogP contribution in [-0.4, -0.2) is 62.6 Å². The monoisotopic (exact) mass is 404 g/mol. The lowest BCUT2D eigenvalue weighted by Crippen LogP contribution is -2.41. The lowest BCUT2D eigenvalue weighted by molar-refractivity contribution is 0.122. The Hall–Kier alpha value is -2.23. The van der Waals surface area contributed by atoms with E-state index >= 15 is 0 Å². The van der Waals surface area contributed by atoms with Crippen molar-refractivity contribution in [1.29, 1.82) is 0 Å². The van der Waals surface area contributed by atoms with Crippen LogP contribution in [-0.2, 0) is 27.7 Å². The second-order valence-electron chi connectivity index (χ2n) is 6.88. The third-order valence-corrected chi connectivity index (χ3v) is 6.98. The molecular weight excluding hydrogens is 380 g/mol. The highest BCUT2D eigenvalue weighted by Gasteiger charge is 2.32. The van der Waals surface area contributed by atoms with Crippen LogP contribution in [0.4, 0.5) is 5.82 Å². The summed E-state index contributed by atoms with van der Waals surface area (Å²) >= 11 is 0. The first-order chi connectivity index (χ1) is 13.5. The van der Waals surface area contributed by atoms with E-state index in [9.17, 15) is 8.42 Å². The Balaban J connectivity index is 1.66. The number of benzene rings is 1. The maximum atomic E-state index is 13.2. The van der Waals surface area contributed by atoms with Gasteiger partial charge in [0, 0.05) is 38.2 Å². The Morgan fingerprint density at radius 3 is 2.46 bits per heavy atom. The first-order valence-corrected chi connectivity index (χ1v) is 10.8. The van der Waals surface area contributed by atoms with Gasteiger partial charge in [0.15, 0.2) is 0 Å². The zero-order valence-electron chi connectivity index (χ0n) is 16.1. The number of morpholine rings is 1. The molecule has 0 bridgehead atoms. The molecule has 9 heteroatoms. The van der Waals surface area contributed by atoms with E-state index in [0.29, 0.717) is 37.8 Å². The van der Waals surface area contributed by atoms with Crippen LogP contribution in [0.15, 0.2) is 29.2 Å². The fraction of sp³-hybridized carbons (Fsp3) is 0.474. The smallest absolute Gasteiger partial charge is 0.243 e. The molecule has 0 radical (unpaired) electrons. The van der Waals surface area contributed by atoms with E-state index in [4.69, 9.17) is 9.47 Å². The molecule has 0 saturated carbocycles. The van der Waals surface area contributed by atoms with Gasteiger partial charge in [-0.3, -0.25) is 0 Å². The maximum Gasteiger partial charge on any atom is 0.243 e. The van der Waals surface area contributed by atoms with E-state index in [0.717, 1.165) is 30.2 Å². The number of nitrogens with zero attached hydrogens (tertiary/aromatic N) is 4. The van der Waals surface area contributed by atoms with E-state index in [-0.39, 0.29) is 11.4 Å². The predicted octanol–water partition coefficient (Wildman–Crippen LogP) is 1.38. The third-order valence-electron chi connectivity index (χ3n) is 5.12. The van der Waals surface area contributed by atoms with Gasteiger partial charge in [0.05, 0.1) is 30.9 Å². The molecule has 2 aliphatic rings. The van der Waals surface area contributed by atoms with Gasteiger partial charge in [0.1, 0.15) is 17.4 Å². The summed E-state index contributed by atoms with van der Waals surface area (Å²) < 4.78 is 38.4. The number of fused-ring (bicyclic) bond motifs is 1. The summed E-state index contributed by atoms with van der Waals surface area (Å²) in [4.78, 5) is 11.6. The van der Waals surface area contributed by atoms with Crippen LogP contribution in [0.5, 0.6) is 5.75 Å². The molecule has 0 unspecified atom stereocenters. The molecule has 1 aromatic carbocycles. The molecule has 2 aliphatic heterocycles. The summed E-state index contributed by atoms with van der Waals surface area (Å²) in [5.41, 5.74) is 1.84. The molecule has 3 heterocycles. The number of rotatable bonds is 4. The number of aryl methyl sites for hydroxylation is 1. The summed E-state index contributed by atoms with van der Waals surface area (Å²) in [6, 6.07) is 6.49. The molecule has 0 aliphatic carbocycles. The Morgan fingerprint density at radius 2 is 1.79 bits per heavy atom. The predicted molar refractivity (Wildman–Crippen MR) is 104 cm³/mol. The van der Waals surface area contributed by atoms with Gasteiger partial charge in [-0.15, -0.1) is 0 Å². The van der Waals surface area contributed by atoms with E-state index < -0.39 is 10.0 Å². The molecule has 1 fully saturated rings. The lowest BCUT2D eigenvalue weighted by Gasteiger charge is -2.34. The Morgan fingerprint density at radius 1 is 1.07 bits per heavy atom. The second kappa shape index (κ2) is 7.65. The van der Waals surface area contributed by atoms with Crippen LogP contribution in [0.2, 0.25) is 0 Å². The minimum atomic E-state index is -3.61. The van der Waals surface area contributed by atoms with Crippen LogP contribution in [0.3, 0.4) is 0 Å². The van der Waals surface area contributed by atoms with Crippen LogP contribution in [0.25, 0.3) is 0 Å². The molecule has 0 spiro atoms. The normalized spacial score (nSPS) is 18.0. The molecule has 1 aromatic heterocycles. The van der Waals surface area contributed by atoms with Crippen molar-refractivity contribution in [3.05, 3.63) is 41.3 Å². The van der Waals surface area contributed by atoms with Crippen LogP contribution < -0.4 is 9.64 Å². The minimum absolute atomic E-state index is 0.262. The molecular formula is C19H24N4O4S. The van der Waals surface area contributed by atoms with E-state index in [1.165, 1.54) is 4.31 Å². The zero-order chi connectivity index (χ0) is 19.7.